The third-order valence-corrected chi connectivity index (χ3v) is 2.65. The normalized spacial score (nSPS) is 16.5. The van der Waals surface area contributed by atoms with Crippen molar-refractivity contribution in [3.63, 3.8) is 0 Å². The summed E-state index contributed by atoms with van der Waals surface area (Å²) in [5, 5.41) is 2.96. The van der Waals surface area contributed by atoms with Crippen molar-refractivity contribution in [2.45, 2.75) is 6.92 Å². The monoisotopic (exact) mass is 206 g/mol. The summed E-state index contributed by atoms with van der Waals surface area (Å²) in [5.41, 5.74) is 2.59. The summed E-state index contributed by atoms with van der Waals surface area (Å²) in [6, 6.07) is 5.71. The SMILES string of the molecule is Cc1cc(N2CCOCC2)ccc1N=O. The van der Waals surface area contributed by atoms with E-state index in [1.807, 2.05) is 19.1 Å². The number of anilines is 1. The van der Waals surface area contributed by atoms with E-state index in [4.69, 9.17) is 4.74 Å². The van der Waals surface area contributed by atoms with E-state index in [2.05, 4.69) is 10.1 Å². The van der Waals surface area contributed by atoms with E-state index in [0.717, 1.165) is 37.6 Å². The third-order valence-electron chi connectivity index (χ3n) is 2.65. The van der Waals surface area contributed by atoms with Crippen molar-refractivity contribution in [3.8, 4) is 0 Å². The fraction of sp³-hybridized carbons (Fsp3) is 0.455. The van der Waals surface area contributed by atoms with Crippen LogP contribution in [0.1, 0.15) is 5.56 Å². The lowest BCUT2D eigenvalue weighted by Gasteiger charge is -2.29. The van der Waals surface area contributed by atoms with Crippen molar-refractivity contribution in [2.24, 2.45) is 5.18 Å². The lowest BCUT2D eigenvalue weighted by molar-refractivity contribution is 0.122. The van der Waals surface area contributed by atoms with Crippen LogP contribution in [0, 0.1) is 11.8 Å². The molecule has 2 rings (SSSR count). The van der Waals surface area contributed by atoms with Crippen LogP contribution in [0.5, 0.6) is 0 Å². The summed E-state index contributed by atoms with van der Waals surface area (Å²) in [6.07, 6.45) is 0. The minimum atomic E-state index is 0.520. The fourth-order valence-electron chi connectivity index (χ4n) is 1.76. The minimum Gasteiger partial charge on any atom is -0.378 e. The lowest BCUT2D eigenvalue weighted by atomic mass is 10.1. The summed E-state index contributed by atoms with van der Waals surface area (Å²) < 4.78 is 5.29. The van der Waals surface area contributed by atoms with E-state index in [1.54, 1.807) is 6.07 Å². The molecule has 0 atom stereocenters. The molecule has 1 saturated heterocycles. The quantitative estimate of drug-likeness (QED) is 0.697. The Kier molecular flexibility index (Phi) is 2.97. The van der Waals surface area contributed by atoms with Crippen LogP contribution in [0.4, 0.5) is 11.4 Å². The molecule has 1 heterocycles. The zero-order valence-corrected chi connectivity index (χ0v) is 8.77. The molecule has 0 unspecified atom stereocenters. The number of nitrogens with zero attached hydrogens (tertiary/aromatic N) is 2. The van der Waals surface area contributed by atoms with E-state index < -0.39 is 0 Å². The molecule has 0 saturated carbocycles. The van der Waals surface area contributed by atoms with Gasteiger partial charge in [-0.05, 0) is 35.9 Å². The molecule has 4 heteroatoms. The summed E-state index contributed by atoms with van der Waals surface area (Å²) in [5.74, 6) is 0. The topological polar surface area (TPSA) is 41.9 Å². The second kappa shape index (κ2) is 4.40. The molecular weight excluding hydrogens is 192 g/mol. The Morgan fingerprint density at radius 2 is 2.07 bits per heavy atom. The van der Waals surface area contributed by atoms with Crippen LogP contribution in [0.25, 0.3) is 0 Å². The smallest absolute Gasteiger partial charge is 0.111 e. The molecule has 1 aliphatic heterocycles. The predicted octanol–water partition coefficient (Wildman–Crippen LogP) is 2.23. The van der Waals surface area contributed by atoms with E-state index >= 15 is 0 Å². The molecule has 0 amide bonds. The molecule has 0 bridgehead atoms. The molecule has 4 nitrogen and oxygen atoms in total. The van der Waals surface area contributed by atoms with Crippen LogP contribution in [0.3, 0.4) is 0 Å². The van der Waals surface area contributed by atoms with E-state index in [1.165, 1.54) is 0 Å². The molecule has 0 radical (unpaired) electrons. The van der Waals surface area contributed by atoms with Gasteiger partial charge < -0.3 is 9.64 Å². The van der Waals surface area contributed by atoms with Gasteiger partial charge in [0, 0.05) is 18.8 Å². The van der Waals surface area contributed by atoms with Crippen LogP contribution in [0.15, 0.2) is 23.4 Å². The Morgan fingerprint density at radius 3 is 2.67 bits per heavy atom. The Bertz CT molecular complexity index is 360. The highest BCUT2D eigenvalue weighted by molar-refractivity contribution is 5.57. The number of ether oxygens (including phenoxy) is 1. The highest BCUT2D eigenvalue weighted by Crippen LogP contribution is 2.24. The molecule has 1 aromatic carbocycles. The van der Waals surface area contributed by atoms with Crippen molar-refractivity contribution in [2.75, 3.05) is 31.2 Å². The molecule has 1 fully saturated rings. The highest BCUT2D eigenvalue weighted by atomic mass is 16.5. The second-order valence-electron chi connectivity index (χ2n) is 3.66. The molecule has 80 valence electrons. The van der Waals surface area contributed by atoms with Gasteiger partial charge in [0.05, 0.1) is 13.2 Å². The van der Waals surface area contributed by atoms with Crippen molar-refractivity contribution in [1.82, 2.24) is 0 Å². The van der Waals surface area contributed by atoms with Crippen molar-refractivity contribution < 1.29 is 4.74 Å². The van der Waals surface area contributed by atoms with Gasteiger partial charge in [-0.25, -0.2) is 0 Å². The van der Waals surface area contributed by atoms with Gasteiger partial charge in [0.1, 0.15) is 5.69 Å². The van der Waals surface area contributed by atoms with Crippen molar-refractivity contribution in [1.29, 1.82) is 0 Å². The molecule has 1 aliphatic rings. The maximum absolute atomic E-state index is 10.4. The first-order chi connectivity index (χ1) is 7.31. The second-order valence-corrected chi connectivity index (χ2v) is 3.66. The first-order valence-electron chi connectivity index (χ1n) is 5.08. The summed E-state index contributed by atoms with van der Waals surface area (Å²) in [6.45, 7) is 5.26. The van der Waals surface area contributed by atoms with E-state index in [0.29, 0.717) is 5.69 Å². The minimum absolute atomic E-state index is 0.520. The average Bonchev–Trinajstić information content (AvgIpc) is 2.30. The first-order valence-corrected chi connectivity index (χ1v) is 5.08. The van der Waals surface area contributed by atoms with Gasteiger partial charge in [-0.1, -0.05) is 0 Å². The van der Waals surface area contributed by atoms with Crippen molar-refractivity contribution >= 4 is 11.4 Å². The standard InChI is InChI=1S/C11H14N2O2/c1-9-8-10(2-3-11(9)12-14)13-4-6-15-7-5-13/h2-3,8H,4-7H2,1H3. The Morgan fingerprint density at radius 1 is 1.33 bits per heavy atom. The van der Waals surface area contributed by atoms with E-state index in [9.17, 15) is 4.91 Å². The highest BCUT2D eigenvalue weighted by Gasteiger charge is 2.11. The van der Waals surface area contributed by atoms with Gasteiger partial charge in [0.2, 0.25) is 0 Å². The van der Waals surface area contributed by atoms with Crippen LogP contribution >= 0.6 is 0 Å². The van der Waals surface area contributed by atoms with Crippen molar-refractivity contribution in [3.05, 3.63) is 28.7 Å². The maximum Gasteiger partial charge on any atom is 0.111 e. The number of hydrogen-bond acceptors (Lipinski definition) is 4. The number of aryl methyl sites for hydroxylation is 1. The lowest BCUT2D eigenvalue weighted by Crippen LogP contribution is -2.36. The largest absolute Gasteiger partial charge is 0.378 e. The molecule has 0 N–H and O–H groups in total. The van der Waals surface area contributed by atoms with Gasteiger partial charge in [-0.3, -0.25) is 0 Å². The van der Waals surface area contributed by atoms with Gasteiger partial charge in [0.25, 0.3) is 0 Å². The maximum atomic E-state index is 10.4. The third kappa shape index (κ3) is 2.15. The first kappa shape index (κ1) is 10.1. The van der Waals surface area contributed by atoms with Crippen LogP contribution < -0.4 is 4.90 Å². The van der Waals surface area contributed by atoms with Gasteiger partial charge in [-0.15, -0.1) is 4.91 Å². The molecule has 0 aromatic heterocycles. The van der Waals surface area contributed by atoms with Crippen LogP contribution in [0.2, 0.25) is 0 Å². The Balaban J connectivity index is 2.21. The molecular formula is C11H14N2O2. The predicted molar refractivity (Wildman–Crippen MR) is 59.7 cm³/mol. The molecule has 0 spiro atoms. The Labute approximate surface area is 88.8 Å². The Hall–Kier alpha value is -1.42. The van der Waals surface area contributed by atoms with Crippen LogP contribution in [-0.2, 0) is 4.74 Å². The summed E-state index contributed by atoms with van der Waals surface area (Å²) in [4.78, 5) is 12.7. The zero-order valence-electron chi connectivity index (χ0n) is 8.77. The average molecular weight is 206 g/mol. The fourth-order valence-corrected chi connectivity index (χ4v) is 1.76. The molecule has 1 aromatic rings. The van der Waals surface area contributed by atoms with Gasteiger partial charge in [-0.2, -0.15) is 0 Å². The van der Waals surface area contributed by atoms with Gasteiger partial charge >= 0.3 is 0 Å². The number of rotatable bonds is 2. The number of hydrogen-bond donors (Lipinski definition) is 0. The molecule has 0 aliphatic carbocycles. The van der Waals surface area contributed by atoms with E-state index in [-0.39, 0.29) is 0 Å². The molecule has 15 heavy (non-hydrogen) atoms. The number of benzene rings is 1. The summed E-state index contributed by atoms with van der Waals surface area (Å²) >= 11 is 0. The summed E-state index contributed by atoms with van der Waals surface area (Å²) in [7, 11) is 0. The van der Waals surface area contributed by atoms with Crippen LogP contribution in [-0.4, -0.2) is 26.3 Å². The zero-order chi connectivity index (χ0) is 10.7. The van der Waals surface area contributed by atoms with Gasteiger partial charge in [0.15, 0.2) is 0 Å². The number of nitroso groups, excluding NO2 is 1. The number of morpholine rings is 1.